The van der Waals surface area contributed by atoms with Crippen LogP contribution in [0, 0.1) is 16.7 Å². The Bertz CT molecular complexity index is 349. The van der Waals surface area contributed by atoms with Crippen molar-refractivity contribution < 1.29 is 14.4 Å². The van der Waals surface area contributed by atoms with Crippen molar-refractivity contribution in [1.82, 2.24) is 0 Å². The molecule has 1 N–H and O–H groups in total. The zero-order chi connectivity index (χ0) is 14.3. The van der Waals surface area contributed by atoms with Gasteiger partial charge in [-0.1, -0.05) is 20.8 Å². The molecular weight excluding hydrogens is 238 g/mol. The lowest BCUT2D eigenvalue weighted by Crippen LogP contribution is -3.12. The average molecular weight is 268 g/mol. The number of hydrogen-bond acceptors (Lipinski definition) is 2. The van der Waals surface area contributed by atoms with Crippen LogP contribution >= 0.6 is 0 Å². The van der Waals surface area contributed by atoms with Gasteiger partial charge < -0.3 is 9.64 Å². The van der Waals surface area contributed by atoms with E-state index in [9.17, 15) is 4.79 Å². The highest BCUT2D eigenvalue weighted by molar-refractivity contribution is 5.70. The second-order valence-electron chi connectivity index (χ2n) is 7.22. The van der Waals surface area contributed by atoms with E-state index < -0.39 is 0 Å². The topological polar surface area (TPSA) is 30.7 Å². The molecule has 0 spiro atoms. The van der Waals surface area contributed by atoms with Crippen LogP contribution in [0.2, 0.25) is 0 Å². The van der Waals surface area contributed by atoms with Crippen LogP contribution in [0.4, 0.5) is 0 Å². The second kappa shape index (κ2) is 5.08. The zero-order valence-electron chi connectivity index (χ0n) is 13.2. The summed E-state index contributed by atoms with van der Waals surface area (Å²) in [5.74, 6) is 0.726. The van der Waals surface area contributed by atoms with Gasteiger partial charge in [-0.3, -0.25) is 0 Å². The van der Waals surface area contributed by atoms with E-state index in [4.69, 9.17) is 4.74 Å². The lowest BCUT2D eigenvalue weighted by molar-refractivity contribution is -0.888. The number of ether oxygens (including phenoxy) is 1. The normalized spacial score (nSPS) is 35.9. The van der Waals surface area contributed by atoms with E-state index in [0.717, 1.165) is 25.4 Å². The summed E-state index contributed by atoms with van der Waals surface area (Å²) in [5, 5.41) is 0. The fourth-order valence-electron chi connectivity index (χ4n) is 4.21. The molecule has 0 saturated heterocycles. The van der Waals surface area contributed by atoms with Gasteiger partial charge in [-0.25, -0.2) is 4.79 Å². The summed E-state index contributed by atoms with van der Waals surface area (Å²) in [7, 11) is 0. The minimum Gasteiger partial charge on any atom is -0.458 e. The Morgan fingerprint density at radius 3 is 2.32 bits per heavy atom. The number of hydrogen-bond donors (Lipinski definition) is 1. The Balaban J connectivity index is 1.96. The number of carbonyl (C=O) groups is 1. The summed E-state index contributed by atoms with van der Waals surface area (Å²) >= 11 is 0. The van der Waals surface area contributed by atoms with Crippen LogP contribution in [0.25, 0.3) is 0 Å². The summed E-state index contributed by atoms with van der Waals surface area (Å²) in [6, 6.07) is 0. The molecule has 0 aromatic heterocycles. The van der Waals surface area contributed by atoms with Crippen molar-refractivity contribution in [3.05, 3.63) is 0 Å². The van der Waals surface area contributed by atoms with Crippen molar-refractivity contribution in [2.75, 3.05) is 19.6 Å². The van der Waals surface area contributed by atoms with Crippen LogP contribution < -0.4 is 4.90 Å². The molecule has 0 heterocycles. The fraction of sp³-hybridized carbons (Fsp3) is 0.938. The highest BCUT2D eigenvalue weighted by atomic mass is 16.5. The molecule has 2 bridgehead atoms. The molecule has 110 valence electrons. The number of carbonyl (C=O) groups excluding carboxylic acids is 1. The molecule has 3 atom stereocenters. The maximum Gasteiger partial charge on any atom is 0.362 e. The molecule has 2 rings (SSSR count). The monoisotopic (exact) mass is 268 g/mol. The summed E-state index contributed by atoms with van der Waals surface area (Å²) < 4.78 is 5.86. The molecule has 19 heavy (non-hydrogen) atoms. The van der Waals surface area contributed by atoms with Crippen molar-refractivity contribution in [1.29, 1.82) is 0 Å². The summed E-state index contributed by atoms with van der Waals surface area (Å²) in [6.45, 7) is 13.8. The average Bonchev–Trinajstić information content (AvgIpc) is 2.69. The molecule has 3 nitrogen and oxygen atoms in total. The Labute approximate surface area is 117 Å². The molecule has 0 amide bonds. The number of quaternary nitrogens is 1. The molecular formula is C16H30NO2+. The first kappa shape index (κ1) is 14.8. The Morgan fingerprint density at radius 2 is 1.89 bits per heavy atom. The highest BCUT2D eigenvalue weighted by Gasteiger charge is 2.62. The molecule has 0 radical (unpaired) electrons. The van der Waals surface area contributed by atoms with Crippen molar-refractivity contribution in [3.8, 4) is 0 Å². The van der Waals surface area contributed by atoms with Gasteiger partial charge in [0.2, 0.25) is 0 Å². The standard InChI is InChI=1S/C16H29NO2/c1-6-17(7-2)11-14(18)19-13-10-12-8-9-16(13,5)15(12,3)4/h12-13H,6-11H2,1-5H3/p+1/t12-,13-,16-/m0/s1. The first-order valence-corrected chi connectivity index (χ1v) is 7.88. The van der Waals surface area contributed by atoms with Gasteiger partial charge in [-0.05, 0) is 44.4 Å². The first-order valence-electron chi connectivity index (χ1n) is 7.88. The van der Waals surface area contributed by atoms with Crippen molar-refractivity contribution in [3.63, 3.8) is 0 Å². The Morgan fingerprint density at radius 1 is 1.26 bits per heavy atom. The summed E-state index contributed by atoms with van der Waals surface area (Å²) in [6.07, 6.45) is 3.73. The van der Waals surface area contributed by atoms with Crippen LogP contribution in [-0.4, -0.2) is 31.7 Å². The molecule has 0 unspecified atom stereocenters. The van der Waals surface area contributed by atoms with Crippen molar-refractivity contribution in [2.45, 2.75) is 60.0 Å². The third-order valence-electron chi connectivity index (χ3n) is 6.38. The predicted molar refractivity (Wildman–Crippen MR) is 76.0 cm³/mol. The molecule has 0 aliphatic heterocycles. The van der Waals surface area contributed by atoms with Crippen LogP contribution in [0.5, 0.6) is 0 Å². The van der Waals surface area contributed by atoms with Gasteiger partial charge in [0.1, 0.15) is 6.10 Å². The van der Waals surface area contributed by atoms with Crippen LogP contribution in [-0.2, 0) is 9.53 Å². The maximum atomic E-state index is 12.1. The van der Waals surface area contributed by atoms with E-state index in [-0.39, 0.29) is 17.5 Å². The van der Waals surface area contributed by atoms with E-state index in [1.165, 1.54) is 17.7 Å². The minimum atomic E-state index is -0.00623. The number of nitrogens with one attached hydrogen (secondary N) is 1. The van der Waals surface area contributed by atoms with Crippen LogP contribution in [0.3, 0.4) is 0 Å². The first-order chi connectivity index (χ1) is 8.85. The van der Waals surface area contributed by atoms with Gasteiger partial charge in [0.05, 0.1) is 13.1 Å². The zero-order valence-corrected chi connectivity index (χ0v) is 13.2. The smallest absolute Gasteiger partial charge is 0.362 e. The lowest BCUT2D eigenvalue weighted by atomic mass is 9.70. The fourth-order valence-corrected chi connectivity index (χ4v) is 4.21. The molecule has 0 aromatic carbocycles. The van der Waals surface area contributed by atoms with Gasteiger partial charge in [-0.2, -0.15) is 0 Å². The molecule has 2 fully saturated rings. The summed E-state index contributed by atoms with van der Waals surface area (Å²) in [5.41, 5.74) is 0.506. The van der Waals surface area contributed by atoms with Crippen molar-refractivity contribution in [2.24, 2.45) is 16.7 Å². The van der Waals surface area contributed by atoms with Gasteiger partial charge in [0.25, 0.3) is 0 Å². The van der Waals surface area contributed by atoms with Gasteiger partial charge in [-0.15, -0.1) is 0 Å². The number of fused-ring (bicyclic) bond motifs is 2. The van der Waals surface area contributed by atoms with Crippen LogP contribution in [0.1, 0.15) is 53.9 Å². The van der Waals surface area contributed by atoms with Gasteiger partial charge in [0.15, 0.2) is 6.54 Å². The Kier molecular flexibility index (Phi) is 3.97. The third-order valence-corrected chi connectivity index (χ3v) is 6.38. The summed E-state index contributed by atoms with van der Waals surface area (Å²) in [4.78, 5) is 13.4. The lowest BCUT2D eigenvalue weighted by Gasteiger charge is -2.38. The quantitative estimate of drug-likeness (QED) is 0.769. The maximum absolute atomic E-state index is 12.1. The predicted octanol–water partition coefficient (Wildman–Crippen LogP) is 1.67. The van der Waals surface area contributed by atoms with Gasteiger partial charge >= 0.3 is 5.97 Å². The third kappa shape index (κ3) is 2.31. The molecule has 0 aromatic rings. The van der Waals surface area contributed by atoms with E-state index >= 15 is 0 Å². The number of likely N-dealkylation sites (N-methyl/N-ethyl adjacent to an activating group) is 1. The molecule has 3 heteroatoms. The molecule has 2 aliphatic carbocycles. The SMILES string of the molecule is CC[NH+](CC)CC(=O)O[C@H]1C[C@@H]2CC[C@]1(C)C2(C)C. The van der Waals surface area contributed by atoms with Gasteiger partial charge in [0, 0.05) is 5.41 Å². The van der Waals surface area contributed by atoms with Crippen molar-refractivity contribution >= 4 is 5.97 Å². The van der Waals surface area contributed by atoms with E-state index in [1.807, 2.05) is 0 Å². The van der Waals surface area contributed by atoms with Crippen LogP contribution in [0.15, 0.2) is 0 Å². The molecule has 2 aliphatic rings. The molecule has 2 saturated carbocycles. The second-order valence-corrected chi connectivity index (χ2v) is 7.22. The van der Waals surface area contributed by atoms with E-state index in [2.05, 4.69) is 34.6 Å². The highest BCUT2D eigenvalue weighted by Crippen LogP contribution is 2.66. The minimum absolute atomic E-state index is 0.00623. The number of esters is 1. The number of rotatable bonds is 5. The van der Waals surface area contributed by atoms with E-state index in [1.54, 1.807) is 0 Å². The van der Waals surface area contributed by atoms with E-state index in [0.29, 0.717) is 12.0 Å². The largest absolute Gasteiger partial charge is 0.458 e. The Hall–Kier alpha value is -0.570.